The molecule has 2 aromatic rings. The van der Waals surface area contributed by atoms with Gasteiger partial charge in [0.1, 0.15) is 18.1 Å². The summed E-state index contributed by atoms with van der Waals surface area (Å²) in [6, 6.07) is 3.44. The molecule has 194 valence electrons. The van der Waals surface area contributed by atoms with Crippen LogP contribution in [0.2, 0.25) is 0 Å². The highest BCUT2D eigenvalue weighted by Crippen LogP contribution is 2.20. The average molecular weight is 501 g/mol. The number of primary amides is 1. The second-order valence-electron chi connectivity index (χ2n) is 8.99. The number of aliphatic carboxylic acids is 1. The summed E-state index contributed by atoms with van der Waals surface area (Å²) in [4.78, 5) is 65.6. The lowest BCUT2D eigenvalue weighted by molar-refractivity contribution is -0.149. The second-order valence-corrected chi connectivity index (χ2v) is 8.99. The van der Waals surface area contributed by atoms with Gasteiger partial charge >= 0.3 is 5.97 Å². The zero-order valence-corrected chi connectivity index (χ0v) is 20.0. The van der Waals surface area contributed by atoms with E-state index in [1.165, 1.54) is 11.8 Å². The second kappa shape index (κ2) is 11.7. The van der Waals surface area contributed by atoms with Gasteiger partial charge in [-0.2, -0.15) is 0 Å². The fourth-order valence-corrected chi connectivity index (χ4v) is 4.38. The number of carboxylic acid groups (broad SMARTS) is 1. The number of para-hydroxylation sites is 1. The zero-order valence-electron chi connectivity index (χ0n) is 20.0. The third kappa shape index (κ3) is 6.39. The van der Waals surface area contributed by atoms with Crippen molar-refractivity contribution in [2.45, 2.75) is 63.2 Å². The summed E-state index contributed by atoms with van der Waals surface area (Å²) in [6.45, 7) is 1.72. The minimum atomic E-state index is -1.16. The van der Waals surface area contributed by atoms with E-state index in [1.807, 2.05) is 24.3 Å². The van der Waals surface area contributed by atoms with Crippen LogP contribution in [-0.2, 0) is 30.4 Å². The van der Waals surface area contributed by atoms with E-state index in [9.17, 15) is 29.1 Å². The van der Waals surface area contributed by atoms with Crippen molar-refractivity contribution in [3.63, 3.8) is 0 Å². The number of hydrogen-bond acceptors (Lipinski definition) is 6. The predicted octanol–water partition coefficient (Wildman–Crippen LogP) is -0.632. The van der Waals surface area contributed by atoms with Crippen LogP contribution in [0.25, 0.3) is 10.9 Å². The van der Waals surface area contributed by atoms with Gasteiger partial charge in [0.05, 0.1) is 6.04 Å². The van der Waals surface area contributed by atoms with Crippen LogP contribution >= 0.6 is 0 Å². The van der Waals surface area contributed by atoms with Crippen LogP contribution in [-0.4, -0.2) is 75.3 Å². The summed E-state index contributed by atoms with van der Waals surface area (Å²) in [5, 5.41) is 15.3. The number of fused-ring (bicyclic) bond motifs is 1. The highest BCUT2D eigenvalue weighted by Gasteiger charge is 2.37. The molecule has 1 saturated heterocycles. The first-order valence-corrected chi connectivity index (χ1v) is 11.8. The summed E-state index contributed by atoms with van der Waals surface area (Å²) < 4.78 is 0. The number of aromatic amines is 1. The first-order chi connectivity index (χ1) is 17.1. The molecule has 0 spiro atoms. The molecule has 4 atom stereocenters. The summed E-state index contributed by atoms with van der Waals surface area (Å²) >= 11 is 0. The molecule has 2 heterocycles. The highest BCUT2D eigenvalue weighted by atomic mass is 16.4. The quantitative estimate of drug-likeness (QED) is 0.236. The molecule has 4 unspecified atom stereocenters. The highest BCUT2D eigenvalue weighted by molar-refractivity contribution is 5.94. The number of nitrogens with two attached hydrogens (primary N) is 2. The Bertz CT molecular complexity index is 1150. The van der Waals surface area contributed by atoms with E-state index in [2.05, 4.69) is 15.6 Å². The Kier molecular flexibility index (Phi) is 8.64. The first-order valence-electron chi connectivity index (χ1n) is 11.8. The molecule has 3 rings (SSSR count). The van der Waals surface area contributed by atoms with Crippen LogP contribution in [0.3, 0.4) is 0 Å². The lowest BCUT2D eigenvalue weighted by atomic mass is 10.0. The number of likely N-dealkylation sites (tertiary alicyclic amines) is 1. The number of carbonyl (C=O) groups excluding carboxylic acids is 4. The van der Waals surface area contributed by atoms with Crippen LogP contribution < -0.4 is 22.1 Å². The van der Waals surface area contributed by atoms with Gasteiger partial charge in [-0.25, -0.2) is 4.79 Å². The SMILES string of the molecule is CC(NC(=O)C(CCC(N)=O)NC(=O)C(N)Cc1c[nH]c2ccccc12)C(=O)N1CCCC1C(=O)O. The largest absolute Gasteiger partial charge is 0.480 e. The Morgan fingerprint density at radius 2 is 1.89 bits per heavy atom. The van der Waals surface area contributed by atoms with Gasteiger partial charge < -0.3 is 37.1 Å². The Balaban J connectivity index is 1.64. The van der Waals surface area contributed by atoms with Crippen molar-refractivity contribution in [1.29, 1.82) is 0 Å². The number of amides is 4. The zero-order chi connectivity index (χ0) is 26.4. The third-order valence-electron chi connectivity index (χ3n) is 6.31. The summed E-state index contributed by atoms with van der Waals surface area (Å²) in [7, 11) is 0. The molecule has 0 radical (unpaired) electrons. The smallest absolute Gasteiger partial charge is 0.326 e. The van der Waals surface area contributed by atoms with Gasteiger partial charge in [0.2, 0.25) is 23.6 Å². The number of nitrogens with zero attached hydrogens (tertiary/aromatic N) is 1. The molecule has 1 aliphatic rings. The van der Waals surface area contributed by atoms with Gasteiger partial charge in [0.15, 0.2) is 0 Å². The summed E-state index contributed by atoms with van der Waals surface area (Å²) in [6.07, 6.45) is 2.61. The van der Waals surface area contributed by atoms with Crippen molar-refractivity contribution >= 4 is 40.5 Å². The maximum absolute atomic E-state index is 12.9. The Morgan fingerprint density at radius 3 is 2.58 bits per heavy atom. The van der Waals surface area contributed by atoms with Crippen LogP contribution in [0.15, 0.2) is 30.5 Å². The molecule has 1 aromatic carbocycles. The number of aromatic nitrogens is 1. The van der Waals surface area contributed by atoms with Crippen LogP contribution in [0.1, 0.15) is 38.2 Å². The maximum atomic E-state index is 12.9. The summed E-state index contributed by atoms with van der Waals surface area (Å²) in [5.41, 5.74) is 13.1. The molecule has 36 heavy (non-hydrogen) atoms. The Labute approximate surface area is 207 Å². The normalized spacial score (nSPS) is 17.8. The molecule has 8 N–H and O–H groups in total. The number of benzene rings is 1. The molecule has 1 aromatic heterocycles. The van der Waals surface area contributed by atoms with Crippen molar-refractivity contribution in [2.75, 3.05) is 6.54 Å². The van der Waals surface area contributed by atoms with Gasteiger partial charge in [-0.3, -0.25) is 19.2 Å². The predicted molar refractivity (Wildman–Crippen MR) is 130 cm³/mol. The lowest BCUT2D eigenvalue weighted by Crippen LogP contribution is -2.56. The van der Waals surface area contributed by atoms with E-state index in [-0.39, 0.29) is 25.8 Å². The lowest BCUT2D eigenvalue weighted by Gasteiger charge is -2.27. The summed E-state index contributed by atoms with van der Waals surface area (Å²) in [5.74, 6) is -3.60. The van der Waals surface area contributed by atoms with Crippen LogP contribution in [0.5, 0.6) is 0 Å². The van der Waals surface area contributed by atoms with E-state index in [4.69, 9.17) is 11.5 Å². The van der Waals surface area contributed by atoms with Crippen molar-refractivity contribution in [3.05, 3.63) is 36.0 Å². The molecule has 4 amide bonds. The molecular weight excluding hydrogens is 468 g/mol. The number of carbonyl (C=O) groups is 5. The van der Waals surface area contributed by atoms with Gasteiger partial charge in [-0.1, -0.05) is 18.2 Å². The topological polar surface area (TPSA) is 201 Å². The monoisotopic (exact) mass is 500 g/mol. The van der Waals surface area contributed by atoms with Crippen LogP contribution in [0, 0.1) is 0 Å². The molecule has 0 aliphatic carbocycles. The van der Waals surface area contributed by atoms with E-state index >= 15 is 0 Å². The molecule has 12 nitrogen and oxygen atoms in total. The van der Waals surface area contributed by atoms with Gasteiger partial charge in [0, 0.05) is 30.1 Å². The number of hydrogen-bond donors (Lipinski definition) is 6. The molecule has 1 fully saturated rings. The first kappa shape index (κ1) is 26.7. The number of nitrogens with one attached hydrogen (secondary N) is 3. The molecule has 12 heteroatoms. The van der Waals surface area contributed by atoms with E-state index < -0.39 is 53.8 Å². The van der Waals surface area contributed by atoms with Crippen molar-refractivity contribution in [3.8, 4) is 0 Å². The van der Waals surface area contributed by atoms with Crippen molar-refractivity contribution < 1.29 is 29.1 Å². The maximum Gasteiger partial charge on any atom is 0.326 e. The minimum absolute atomic E-state index is 0.0882. The van der Waals surface area contributed by atoms with E-state index in [0.717, 1.165) is 16.5 Å². The fraction of sp³-hybridized carbons (Fsp3) is 0.458. The molecule has 0 saturated carbocycles. The standard InChI is InChI=1S/C24H32N6O6/c1-13(23(34)30-10-4-7-19(30)24(35)36)28-22(33)18(8-9-20(26)31)29-21(32)16(25)11-14-12-27-17-6-3-2-5-15(14)17/h2-3,5-6,12-13,16,18-19,27H,4,7-11,25H2,1H3,(H2,26,31)(H,28,33)(H,29,32)(H,35,36). The van der Waals surface area contributed by atoms with Gasteiger partial charge in [-0.05, 0) is 44.2 Å². The number of H-pyrrole nitrogens is 1. The van der Waals surface area contributed by atoms with Crippen LogP contribution in [0.4, 0.5) is 0 Å². The molecular formula is C24H32N6O6. The van der Waals surface area contributed by atoms with Crippen molar-refractivity contribution in [2.24, 2.45) is 11.5 Å². The Morgan fingerprint density at radius 1 is 1.17 bits per heavy atom. The molecule has 1 aliphatic heterocycles. The van der Waals surface area contributed by atoms with Gasteiger partial charge in [0.25, 0.3) is 0 Å². The minimum Gasteiger partial charge on any atom is -0.480 e. The molecule has 0 bridgehead atoms. The third-order valence-corrected chi connectivity index (χ3v) is 6.31. The number of carboxylic acids is 1. The average Bonchev–Trinajstić information content (AvgIpc) is 3.48. The van der Waals surface area contributed by atoms with E-state index in [1.54, 1.807) is 6.20 Å². The van der Waals surface area contributed by atoms with Gasteiger partial charge in [-0.15, -0.1) is 0 Å². The number of rotatable bonds is 11. The van der Waals surface area contributed by atoms with Crippen molar-refractivity contribution in [1.82, 2.24) is 20.5 Å². The Hall–Kier alpha value is -3.93. The fourth-order valence-electron chi connectivity index (χ4n) is 4.38. The van der Waals surface area contributed by atoms with E-state index in [0.29, 0.717) is 12.8 Å².